The normalized spacial score (nSPS) is 29.6. The summed E-state index contributed by atoms with van der Waals surface area (Å²) in [6.07, 6.45) is 1.29. The molecule has 0 aromatic carbocycles. The van der Waals surface area contributed by atoms with E-state index in [1.165, 1.54) is 19.5 Å². The molecule has 3 unspecified atom stereocenters. The monoisotopic (exact) mass is 228 g/mol. The molecule has 3 atom stereocenters. The van der Waals surface area contributed by atoms with E-state index in [-0.39, 0.29) is 12.6 Å². The van der Waals surface area contributed by atoms with Gasteiger partial charge in [-0.1, -0.05) is 27.7 Å². The van der Waals surface area contributed by atoms with Crippen LogP contribution in [0.25, 0.3) is 0 Å². The predicted octanol–water partition coefficient (Wildman–Crippen LogP) is 1.32. The topological polar surface area (TPSA) is 35.5 Å². The minimum atomic E-state index is 0.223. The van der Waals surface area contributed by atoms with E-state index in [1.54, 1.807) is 0 Å². The number of likely N-dealkylation sites (tertiary alicyclic amines) is 1. The molecule has 1 heterocycles. The van der Waals surface area contributed by atoms with Gasteiger partial charge in [0.05, 0.1) is 6.61 Å². The Morgan fingerprint density at radius 1 is 1.31 bits per heavy atom. The lowest BCUT2D eigenvalue weighted by Crippen LogP contribution is -2.49. The van der Waals surface area contributed by atoms with E-state index in [1.807, 2.05) is 0 Å². The van der Waals surface area contributed by atoms with Crippen molar-refractivity contribution in [1.82, 2.24) is 10.2 Å². The van der Waals surface area contributed by atoms with Gasteiger partial charge in [-0.2, -0.15) is 0 Å². The van der Waals surface area contributed by atoms with Crippen molar-refractivity contribution in [3.63, 3.8) is 0 Å². The fourth-order valence-corrected chi connectivity index (χ4v) is 2.46. The molecule has 96 valence electrons. The fraction of sp³-hybridized carbons (Fsp3) is 1.00. The van der Waals surface area contributed by atoms with Gasteiger partial charge in [-0.3, -0.25) is 0 Å². The zero-order valence-corrected chi connectivity index (χ0v) is 11.2. The van der Waals surface area contributed by atoms with Crippen LogP contribution in [-0.4, -0.2) is 48.3 Å². The lowest BCUT2D eigenvalue weighted by Gasteiger charge is -2.37. The van der Waals surface area contributed by atoms with Crippen molar-refractivity contribution in [3.8, 4) is 0 Å². The standard InChI is InChI=1S/C13H28N2O/c1-10(2)14-13(9-16)8-15-6-5-11(3)12(4)7-15/h10-14,16H,5-9H2,1-4H3. The Kier molecular flexibility index (Phi) is 5.73. The van der Waals surface area contributed by atoms with Gasteiger partial charge < -0.3 is 15.3 Å². The van der Waals surface area contributed by atoms with E-state index in [0.29, 0.717) is 6.04 Å². The van der Waals surface area contributed by atoms with Gasteiger partial charge in [-0.15, -0.1) is 0 Å². The van der Waals surface area contributed by atoms with Crippen molar-refractivity contribution >= 4 is 0 Å². The number of aliphatic hydroxyl groups is 1. The Morgan fingerprint density at radius 3 is 2.50 bits per heavy atom. The van der Waals surface area contributed by atoms with E-state index in [4.69, 9.17) is 0 Å². The second kappa shape index (κ2) is 6.58. The summed E-state index contributed by atoms with van der Waals surface area (Å²) in [4.78, 5) is 2.49. The number of aliphatic hydroxyl groups excluding tert-OH is 1. The van der Waals surface area contributed by atoms with Gasteiger partial charge in [0, 0.05) is 25.2 Å². The summed E-state index contributed by atoms with van der Waals surface area (Å²) in [5.41, 5.74) is 0. The third-order valence-electron chi connectivity index (χ3n) is 3.69. The Morgan fingerprint density at radius 2 is 2.00 bits per heavy atom. The van der Waals surface area contributed by atoms with E-state index < -0.39 is 0 Å². The molecule has 2 N–H and O–H groups in total. The molecule has 0 bridgehead atoms. The summed E-state index contributed by atoms with van der Waals surface area (Å²) in [5, 5.41) is 12.7. The molecule has 0 aromatic heterocycles. The van der Waals surface area contributed by atoms with Crippen molar-refractivity contribution < 1.29 is 5.11 Å². The molecule has 3 heteroatoms. The average molecular weight is 228 g/mol. The number of hydrogen-bond donors (Lipinski definition) is 2. The Balaban J connectivity index is 2.35. The maximum atomic E-state index is 9.33. The summed E-state index contributed by atoms with van der Waals surface area (Å²) in [6, 6.07) is 0.666. The number of nitrogens with zero attached hydrogens (tertiary/aromatic N) is 1. The number of piperidine rings is 1. The summed E-state index contributed by atoms with van der Waals surface area (Å²) < 4.78 is 0. The molecule has 1 rings (SSSR count). The molecular weight excluding hydrogens is 200 g/mol. The second-order valence-corrected chi connectivity index (χ2v) is 5.70. The van der Waals surface area contributed by atoms with Crippen LogP contribution in [0.2, 0.25) is 0 Å². The fourth-order valence-electron chi connectivity index (χ4n) is 2.46. The van der Waals surface area contributed by atoms with Crippen LogP contribution < -0.4 is 5.32 Å². The van der Waals surface area contributed by atoms with Gasteiger partial charge >= 0.3 is 0 Å². The highest BCUT2D eigenvalue weighted by Crippen LogP contribution is 2.22. The molecule has 1 aliphatic rings. The molecule has 0 saturated carbocycles. The highest BCUT2D eigenvalue weighted by Gasteiger charge is 2.24. The van der Waals surface area contributed by atoms with Crippen molar-refractivity contribution in [2.45, 2.75) is 46.2 Å². The van der Waals surface area contributed by atoms with E-state index in [9.17, 15) is 5.11 Å². The summed E-state index contributed by atoms with van der Waals surface area (Å²) in [7, 11) is 0. The zero-order chi connectivity index (χ0) is 12.1. The third-order valence-corrected chi connectivity index (χ3v) is 3.69. The van der Waals surface area contributed by atoms with Crippen molar-refractivity contribution in [3.05, 3.63) is 0 Å². The molecule has 0 aromatic rings. The highest BCUT2D eigenvalue weighted by atomic mass is 16.3. The first-order valence-electron chi connectivity index (χ1n) is 6.62. The smallest absolute Gasteiger partial charge is 0.0597 e. The first-order valence-corrected chi connectivity index (χ1v) is 6.62. The summed E-state index contributed by atoms with van der Waals surface area (Å²) >= 11 is 0. The predicted molar refractivity (Wildman–Crippen MR) is 68.5 cm³/mol. The van der Waals surface area contributed by atoms with Crippen LogP contribution >= 0.6 is 0 Å². The van der Waals surface area contributed by atoms with Gasteiger partial charge in [0.15, 0.2) is 0 Å². The quantitative estimate of drug-likeness (QED) is 0.745. The second-order valence-electron chi connectivity index (χ2n) is 5.70. The number of nitrogens with one attached hydrogen (secondary N) is 1. The minimum absolute atomic E-state index is 0.223. The van der Waals surface area contributed by atoms with Crippen LogP contribution in [0.1, 0.15) is 34.1 Å². The molecule has 16 heavy (non-hydrogen) atoms. The van der Waals surface area contributed by atoms with Gasteiger partial charge in [-0.25, -0.2) is 0 Å². The number of rotatable bonds is 5. The Labute approximate surface area is 100 Å². The van der Waals surface area contributed by atoms with Gasteiger partial charge in [0.2, 0.25) is 0 Å². The summed E-state index contributed by atoms with van der Waals surface area (Å²) in [5.74, 6) is 1.63. The SMILES string of the molecule is CC(C)NC(CO)CN1CCC(C)C(C)C1. The Hall–Kier alpha value is -0.120. The molecule has 1 fully saturated rings. The van der Waals surface area contributed by atoms with Crippen LogP contribution in [0.3, 0.4) is 0 Å². The molecular formula is C13H28N2O. The van der Waals surface area contributed by atoms with Gasteiger partial charge in [0.1, 0.15) is 0 Å². The Bertz CT molecular complexity index is 196. The zero-order valence-electron chi connectivity index (χ0n) is 11.2. The van der Waals surface area contributed by atoms with Crippen LogP contribution in [0.15, 0.2) is 0 Å². The molecule has 0 radical (unpaired) electrons. The first-order chi connectivity index (χ1) is 7.52. The largest absolute Gasteiger partial charge is 0.395 e. The van der Waals surface area contributed by atoms with Gasteiger partial charge in [-0.05, 0) is 24.8 Å². The van der Waals surface area contributed by atoms with Gasteiger partial charge in [0.25, 0.3) is 0 Å². The van der Waals surface area contributed by atoms with E-state index in [2.05, 4.69) is 37.9 Å². The van der Waals surface area contributed by atoms with Crippen LogP contribution in [-0.2, 0) is 0 Å². The maximum absolute atomic E-state index is 9.33. The molecule has 1 aliphatic heterocycles. The number of hydrogen-bond acceptors (Lipinski definition) is 3. The highest BCUT2D eigenvalue weighted by molar-refractivity contribution is 4.79. The molecule has 3 nitrogen and oxygen atoms in total. The lowest BCUT2D eigenvalue weighted by atomic mass is 9.88. The minimum Gasteiger partial charge on any atom is -0.395 e. The van der Waals surface area contributed by atoms with Crippen molar-refractivity contribution in [2.24, 2.45) is 11.8 Å². The average Bonchev–Trinajstić information content (AvgIpc) is 2.22. The maximum Gasteiger partial charge on any atom is 0.0597 e. The molecule has 0 aliphatic carbocycles. The summed E-state index contributed by atoms with van der Waals surface area (Å²) in [6.45, 7) is 12.5. The van der Waals surface area contributed by atoms with E-state index in [0.717, 1.165) is 18.4 Å². The molecule has 1 saturated heterocycles. The van der Waals surface area contributed by atoms with Crippen LogP contribution in [0.4, 0.5) is 0 Å². The first kappa shape index (κ1) is 13.9. The van der Waals surface area contributed by atoms with E-state index >= 15 is 0 Å². The van der Waals surface area contributed by atoms with Crippen molar-refractivity contribution in [1.29, 1.82) is 0 Å². The lowest BCUT2D eigenvalue weighted by molar-refractivity contribution is 0.109. The van der Waals surface area contributed by atoms with Crippen LogP contribution in [0.5, 0.6) is 0 Å². The van der Waals surface area contributed by atoms with Crippen molar-refractivity contribution in [2.75, 3.05) is 26.2 Å². The van der Waals surface area contributed by atoms with Crippen LogP contribution in [0, 0.1) is 11.8 Å². The molecule has 0 amide bonds. The molecule has 0 spiro atoms. The third kappa shape index (κ3) is 4.40.